The average Bonchev–Trinajstić information content (AvgIpc) is 2.85. The maximum Gasteiger partial charge on any atom is 0.335 e. The van der Waals surface area contributed by atoms with E-state index in [2.05, 4.69) is 26.0 Å². The van der Waals surface area contributed by atoms with Gasteiger partial charge in [0.25, 0.3) is 17.4 Å². The Labute approximate surface area is 204 Å². The zero-order valence-corrected chi connectivity index (χ0v) is 19.6. The summed E-state index contributed by atoms with van der Waals surface area (Å²) in [6, 6.07) is 14.5. The van der Waals surface area contributed by atoms with Gasteiger partial charge in [0, 0.05) is 9.86 Å². The number of aromatic nitrogens is 2. The normalized spacial score (nSPS) is 13.1. The van der Waals surface area contributed by atoms with Gasteiger partial charge >= 0.3 is 5.69 Å². The fourth-order valence-corrected chi connectivity index (χ4v) is 4.36. The van der Waals surface area contributed by atoms with Crippen LogP contribution in [-0.4, -0.2) is 44.8 Å². The van der Waals surface area contributed by atoms with Crippen LogP contribution in [0, 0.1) is 0 Å². The number of benzene rings is 3. The zero-order chi connectivity index (χ0) is 24.9. The molecule has 2 amide bonds. The van der Waals surface area contributed by atoms with Gasteiger partial charge in [0.15, 0.2) is 0 Å². The first-order valence-corrected chi connectivity index (χ1v) is 11.0. The smallest absolute Gasteiger partial charge is 0.335 e. The van der Waals surface area contributed by atoms with E-state index in [9.17, 15) is 24.3 Å². The van der Waals surface area contributed by atoms with Gasteiger partial charge in [-0.25, -0.2) is 9.36 Å². The number of hydrogen-bond donors (Lipinski definition) is 2. The maximum atomic E-state index is 13.1. The number of carbonyl (C=O) groups is 2. The second-order valence-electron chi connectivity index (χ2n) is 7.52. The SMILES string of the molecule is COc1ccc(-n2c(O)c(C=NN3C(=O)c4cccc5c(Br)ccc(c45)C3=O)c(=O)[nH]c2=O)cc1. The number of imide groups is 1. The molecule has 0 fully saturated rings. The van der Waals surface area contributed by atoms with E-state index >= 15 is 0 Å². The van der Waals surface area contributed by atoms with Crippen LogP contribution in [0.2, 0.25) is 0 Å². The summed E-state index contributed by atoms with van der Waals surface area (Å²) in [6.07, 6.45) is 0.868. The molecular formula is C24H15BrN4O6. The number of carbonyl (C=O) groups excluding carboxylic acids is 2. The molecule has 1 aliphatic rings. The summed E-state index contributed by atoms with van der Waals surface area (Å²) in [5.41, 5.74) is -1.47. The van der Waals surface area contributed by atoms with Crippen molar-refractivity contribution in [3.05, 3.63) is 96.6 Å². The second kappa shape index (κ2) is 8.37. The van der Waals surface area contributed by atoms with Crippen LogP contribution in [0.25, 0.3) is 16.5 Å². The van der Waals surface area contributed by atoms with Gasteiger partial charge < -0.3 is 9.84 Å². The largest absolute Gasteiger partial charge is 0.497 e. The third-order valence-corrected chi connectivity index (χ3v) is 6.28. The molecule has 174 valence electrons. The van der Waals surface area contributed by atoms with Gasteiger partial charge in [0.2, 0.25) is 5.88 Å². The molecule has 0 aliphatic carbocycles. The number of aromatic amines is 1. The Hall–Kier alpha value is -4.51. The van der Waals surface area contributed by atoms with Crippen molar-refractivity contribution in [1.29, 1.82) is 0 Å². The van der Waals surface area contributed by atoms with Gasteiger partial charge in [0.05, 0.1) is 30.1 Å². The Morgan fingerprint density at radius 1 is 0.971 bits per heavy atom. The van der Waals surface area contributed by atoms with Crippen LogP contribution in [0.4, 0.5) is 0 Å². The van der Waals surface area contributed by atoms with Gasteiger partial charge in [-0.3, -0.25) is 19.4 Å². The first-order valence-electron chi connectivity index (χ1n) is 10.2. The van der Waals surface area contributed by atoms with Crippen molar-refractivity contribution < 1.29 is 19.4 Å². The molecule has 0 unspecified atom stereocenters. The summed E-state index contributed by atoms with van der Waals surface area (Å²) < 4.78 is 6.67. The molecule has 3 aromatic carbocycles. The molecule has 4 aromatic rings. The lowest BCUT2D eigenvalue weighted by atomic mass is 9.95. The van der Waals surface area contributed by atoms with E-state index in [4.69, 9.17) is 4.74 Å². The summed E-state index contributed by atoms with van der Waals surface area (Å²) in [4.78, 5) is 53.1. The van der Waals surface area contributed by atoms with Gasteiger partial charge in [-0.2, -0.15) is 10.1 Å². The highest BCUT2D eigenvalue weighted by Crippen LogP contribution is 2.34. The van der Waals surface area contributed by atoms with Gasteiger partial charge in [0.1, 0.15) is 11.3 Å². The van der Waals surface area contributed by atoms with Crippen molar-refractivity contribution in [3.8, 4) is 17.3 Å². The molecule has 0 bridgehead atoms. The number of H-pyrrole nitrogens is 1. The third kappa shape index (κ3) is 3.53. The first kappa shape index (κ1) is 22.3. The van der Waals surface area contributed by atoms with E-state index in [-0.39, 0.29) is 16.8 Å². The number of methoxy groups -OCH3 is 1. The van der Waals surface area contributed by atoms with Crippen LogP contribution in [0.3, 0.4) is 0 Å². The lowest BCUT2D eigenvalue weighted by molar-refractivity contribution is 0.0616. The molecule has 0 saturated heterocycles. The minimum Gasteiger partial charge on any atom is -0.497 e. The molecule has 11 heteroatoms. The highest BCUT2D eigenvalue weighted by Gasteiger charge is 2.33. The quantitative estimate of drug-likeness (QED) is 0.305. The minimum absolute atomic E-state index is 0.246. The molecule has 1 aliphatic heterocycles. The van der Waals surface area contributed by atoms with E-state index < -0.39 is 34.5 Å². The lowest BCUT2D eigenvalue weighted by Gasteiger charge is -2.23. The average molecular weight is 535 g/mol. The zero-order valence-electron chi connectivity index (χ0n) is 18.0. The van der Waals surface area contributed by atoms with Crippen molar-refractivity contribution in [1.82, 2.24) is 14.6 Å². The van der Waals surface area contributed by atoms with Crippen LogP contribution in [0.15, 0.2) is 73.8 Å². The summed E-state index contributed by atoms with van der Waals surface area (Å²) in [6.45, 7) is 0. The molecule has 0 saturated carbocycles. The number of ether oxygens (including phenoxy) is 1. The van der Waals surface area contributed by atoms with E-state index in [0.29, 0.717) is 21.5 Å². The number of hydrogen-bond acceptors (Lipinski definition) is 7. The molecule has 0 radical (unpaired) electrons. The number of amides is 2. The Bertz CT molecular complexity index is 1670. The van der Waals surface area contributed by atoms with E-state index in [1.165, 1.54) is 19.2 Å². The Balaban J connectivity index is 1.59. The van der Waals surface area contributed by atoms with Gasteiger partial charge in [-0.05, 0) is 47.9 Å². The van der Waals surface area contributed by atoms with Crippen LogP contribution in [-0.2, 0) is 0 Å². The molecule has 2 N–H and O–H groups in total. The fourth-order valence-electron chi connectivity index (χ4n) is 3.89. The Morgan fingerprint density at radius 3 is 2.34 bits per heavy atom. The molecule has 5 rings (SSSR count). The highest BCUT2D eigenvalue weighted by molar-refractivity contribution is 9.10. The molecule has 0 atom stereocenters. The predicted octanol–water partition coefficient (Wildman–Crippen LogP) is 2.79. The van der Waals surface area contributed by atoms with E-state index in [1.54, 1.807) is 42.5 Å². The Morgan fingerprint density at radius 2 is 1.66 bits per heavy atom. The third-order valence-electron chi connectivity index (χ3n) is 5.59. The monoisotopic (exact) mass is 534 g/mol. The number of rotatable bonds is 4. The van der Waals surface area contributed by atoms with Crippen molar-refractivity contribution in [2.24, 2.45) is 5.10 Å². The predicted molar refractivity (Wildman–Crippen MR) is 131 cm³/mol. The number of aromatic hydroxyl groups is 1. The van der Waals surface area contributed by atoms with Crippen molar-refractivity contribution in [3.63, 3.8) is 0 Å². The summed E-state index contributed by atoms with van der Waals surface area (Å²) >= 11 is 3.42. The minimum atomic E-state index is -0.940. The molecule has 1 aromatic heterocycles. The van der Waals surface area contributed by atoms with Crippen LogP contribution < -0.4 is 16.0 Å². The van der Waals surface area contributed by atoms with Crippen molar-refractivity contribution in [2.45, 2.75) is 0 Å². The molecular weight excluding hydrogens is 520 g/mol. The maximum absolute atomic E-state index is 13.1. The standard InChI is InChI=1S/C24H15BrN4O6/c1-35-13-7-5-12(6-8-13)28-21(31)17(20(30)27-24(28)34)11-26-29-22(32)15-4-2-3-14-18(25)10-9-16(19(14)15)23(29)33/h2-11,31H,1H3,(H,27,30,34). The second-order valence-corrected chi connectivity index (χ2v) is 8.37. The first-order chi connectivity index (χ1) is 16.8. The van der Waals surface area contributed by atoms with Crippen molar-refractivity contribution >= 4 is 44.7 Å². The summed E-state index contributed by atoms with van der Waals surface area (Å²) in [5, 5.41) is 16.5. The highest BCUT2D eigenvalue weighted by atomic mass is 79.9. The van der Waals surface area contributed by atoms with E-state index in [0.717, 1.165) is 15.3 Å². The fraction of sp³-hybridized carbons (Fsp3) is 0.0417. The summed E-state index contributed by atoms with van der Waals surface area (Å²) in [5.74, 6) is -1.57. The number of nitrogens with one attached hydrogen (secondary N) is 1. The van der Waals surface area contributed by atoms with Gasteiger partial charge in [-0.15, -0.1) is 0 Å². The summed E-state index contributed by atoms with van der Waals surface area (Å²) in [7, 11) is 1.48. The Kier molecular flexibility index (Phi) is 5.33. The number of hydrazone groups is 1. The van der Waals surface area contributed by atoms with Crippen LogP contribution >= 0.6 is 15.9 Å². The molecule has 2 heterocycles. The number of nitrogens with zero attached hydrogens (tertiary/aromatic N) is 3. The van der Waals surface area contributed by atoms with Gasteiger partial charge in [-0.1, -0.05) is 28.1 Å². The molecule has 0 spiro atoms. The van der Waals surface area contributed by atoms with Crippen LogP contribution in [0.5, 0.6) is 11.6 Å². The van der Waals surface area contributed by atoms with E-state index in [1.807, 2.05) is 0 Å². The topological polar surface area (TPSA) is 134 Å². The van der Waals surface area contributed by atoms with Crippen LogP contribution in [0.1, 0.15) is 26.3 Å². The lowest BCUT2D eigenvalue weighted by Crippen LogP contribution is -2.37. The number of halogens is 1. The molecule has 35 heavy (non-hydrogen) atoms. The van der Waals surface area contributed by atoms with Crippen molar-refractivity contribution in [2.75, 3.05) is 7.11 Å². The molecule has 10 nitrogen and oxygen atoms in total.